The van der Waals surface area contributed by atoms with Gasteiger partial charge in [-0.2, -0.15) is 0 Å². The van der Waals surface area contributed by atoms with E-state index in [1.807, 2.05) is 37.3 Å². The van der Waals surface area contributed by atoms with Crippen molar-refractivity contribution in [2.75, 3.05) is 20.2 Å². The first-order valence-electron chi connectivity index (χ1n) is 10.6. The van der Waals surface area contributed by atoms with Crippen LogP contribution in [-0.2, 0) is 17.9 Å². The van der Waals surface area contributed by atoms with E-state index in [9.17, 15) is 4.79 Å². The van der Waals surface area contributed by atoms with Crippen LogP contribution in [0.1, 0.15) is 43.7 Å². The van der Waals surface area contributed by atoms with Crippen molar-refractivity contribution < 1.29 is 14.3 Å². The molecule has 29 heavy (non-hydrogen) atoms. The summed E-state index contributed by atoms with van der Waals surface area (Å²) in [5.41, 5.74) is 2.46. The van der Waals surface area contributed by atoms with Gasteiger partial charge in [-0.1, -0.05) is 37.6 Å². The van der Waals surface area contributed by atoms with Crippen LogP contribution in [0.5, 0.6) is 11.5 Å². The predicted molar refractivity (Wildman–Crippen MR) is 115 cm³/mol. The van der Waals surface area contributed by atoms with Crippen molar-refractivity contribution in [3.8, 4) is 11.5 Å². The van der Waals surface area contributed by atoms with Crippen molar-refractivity contribution >= 4 is 5.91 Å². The number of rotatable bonds is 9. The van der Waals surface area contributed by atoms with Crippen LogP contribution < -0.4 is 14.8 Å². The van der Waals surface area contributed by atoms with Gasteiger partial charge in [-0.25, -0.2) is 0 Å². The number of nitrogens with zero attached hydrogens (tertiary/aromatic N) is 1. The van der Waals surface area contributed by atoms with Gasteiger partial charge in [0.1, 0.15) is 11.5 Å². The van der Waals surface area contributed by atoms with Crippen molar-refractivity contribution in [3.63, 3.8) is 0 Å². The fourth-order valence-corrected chi connectivity index (χ4v) is 3.68. The minimum atomic E-state index is -0.516. The van der Waals surface area contributed by atoms with E-state index in [0.717, 1.165) is 25.4 Å². The number of hydrogen-bond donors (Lipinski definition) is 1. The van der Waals surface area contributed by atoms with E-state index in [4.69, 9.17) is 9.47 Å². The van der Waals surface area contributed by atoms with Crippen LogP contribution >= 0.6 is 0 Å². The van der Waals surface area contributed by atoms with Crippen molar-refractivity contribution in [1.82, 2.24) is 10.2 Å². The largest absolute Gasteiger partial charge is 0.497 e. The summed E-state index contributed by atoms with van der Waals surface area (Å²) in [6, 6.07) is 15.7. The highest BCUT2D eigenvalue weighted by atomic mass is 16.5. The average molecular weight is 397 g/mol. The Morgan fingerprint density at radius 2 is 1.66 bits per heavy atom. The number of nitrogens with one attached hydrogen (secondary N) is 1. The van der Waals surface area contributed by atoms with E-state index < -0.39 is 6.10 Å². The second-order valence-corrected chi connectivity index (χ2v) is 7.51. The summed E-state index contributed by atoms with van der Waals surface area (Å²) in [5, 5.41) is 3.06. The van der Waals surface area contributed by atoms with Crippen LogP contribution in [0, 0.1) is 0 Å². The molecular weight excluding hydrogens is 364 g/mol. The van der Waals surface area contributed by atoms with E-state index in [1.165, 1.54) is 30.4 Å². The maximum absolute atomic E-state index is 12.7. The van der Waals surface area contributed by atoms with Gasteiger partial charge in [0.25, 0.3) is 5.91 Å². The summed E-state index contributed by atoms with van der Waals surface area (Å²) in [5.74, 6) is 1.34. The molecule has 1 saturated heterocycles. The van der Waals surface area contributed by atoms with Crippen LogP contribution in [-0.4, -0.2) is 37.1 Å². The van der Waals surface area contributed by atoms with E-state index >= 15 is 0 Å². The number of hydrogen-bond acceptors (Lipinski definition) is 4. The number of likely N-dealkylation sites (tertiary alicyclic amines) is 1. The molecule has 0 aliphatic carbocycles. The van der Waals surface area contributed by atoms with Crippen molar-refractivity contribution in [1.29, 1.82) is 0 Å². The molecule has 0 bridgehead atoms. The number of ether oxygens (including phenoxy) is 2. The Morgan fingerprint density at radius 3 is 2.31 bits per heavy atom. The molecule has 5 nitrogen and oxygen atoms in total. The zero-order valence-electron chi connectivity index (χ0n) is 17.5. The molecule has 0 saturated carbocycles. The zero-order valence-corrected chi connectivity index (χ0v) is 17.5. The Kier molecular flexibility index (Phi) is 7.94. The van der Waals surface area contributed by atoms with Crippen molar-refractivity contribution in [2.24, 2.45) is 0 Å². The topological polar surface area (TPSA) is 50.8 Å². The minimum absolute atomic E-state index is 0.0870. The van der Waals surface area contributed by atoms with E-state index in [-0.39, 0.29) is 5.91 Å². The Balaban J connectivity index is 1.57. The molecule has 1 N–H and O–H groups in total. The van der Waals surface area contributed by atoms with Gasteiger partial charge < -0.3 is 14.8 Å². The third kappa shape index (κ3) is 6.23. The number of methoxy groups -OCH3 is 1. The third-order valence-electron chi connectivity index (χ3n) is 5.42. The van der Waals surface area contributed by atoms with Crippen LogP contribution in [0.15, 0.2) is 48.5 Å². The lowest BCUT2D eigenvalue weighted by atomic mass is 10.0. The molecule has 1 heterocycles. The lowest BCUT2D eigenvalue weighted by Crippen LogP contribution is -2.38. The molecule has 3 rings (SSSR count). The first-order valence-corrected chi connectivity index (χ1v) is 10.6. The maximum Gasteiger partial charge on any atom is 0.261 e. The van der Waals surface area contributed by atoms with Gasteiger partial charge in [0.15, 0.2) is 6.10 Å². The highest BCUT2D eigenvalue weighted by Gasteiger charge is 2.19. The first kappa shape index (κ1) is 21.2. The molecule has 1 aliphatic rings. The standard InChI is InChI=1S/C24H32N2O3/c1-3-23(29-22-13-11-21(28-2)12-14-22)24(27)25-17-19-9-5-6-10-20(19)18-26-15-7-4-8-16-26/h5-6,9-14,23H,3-4,7-8,15-18H2,1-2H3,(H,25,27). The summed E-state index contributed by atoms with van der Waals surface area (Å²) >= 11 is 0. The highest BCUT2D eigenvalue weighted by molar-refractivity contribution is 5.81. The highest BCUT2D eigenvalue weighted by Crippen LogP contribution is 2.19. The molecular formula is C24H32N2O3. The van der Waals surface area contributed by atoms with Gasteiger partial charge in [0.05, 0.1) is 7.11 Å². The molecule has 2 aromatic rings. The first-order chi connectivity index (χ1) is 14.2. The SMILES string of the molecule is CCC(Oc1ccc(OC)cc1)C(=O)NCc1ccccc1CN1CCCCC1. The molecule has 1 unspecified atom stereocenters. The molecule has 1 fully saturated rings. The monoisotopic (exact) mass is 396 g/mol. The lowest BCUT2D eigenvalue weighted by Gasteiger charge is -2.27. The van der Waals surface area contributed by atoms with E-state index in [0.29, 0.717) is 18.7 Å². The fraction of sp³-hybridized carbons (Fsp3) is 0.458. The average Bonchev–Trinajstić information content (AvgIpc) is 2.77. The fourth-order valence-electron chi connectivity index (χ4n) is 3.68. The zero-order chi connectivity index (χ0) is 20.5. The number of piperidine rings is 1. The molecule has 156 valence electrons. The molecule has 1 atom stereocenters. The van der Waals surface area contributed by atoms with Crippen LogP contribution in [0.3, 0.4) is 0 Å². The van der Waals surface area contributed by atoms with Gasteiger partial charge in [0.2, 0.25) is 0 Å². The Morgan fingerprint density at radius 1 is 1.00 bits per heavy atom. The van der Waals surface area contributed by atoms with E-state index in [1.54, 1.807) is 7.11 Å². The van der Waals surface area contributed by atoms with Crippen LogP contribution in [0.25, 0.3) is 0 Å². The second kappa shape index (κ2) is 10.9. The molecule has 0 radical (unpaired) electrons. The number of amides is 1. The molecule has 0 spiro atoms. The van der Waals surface area contributed by atoms with Gasteiger partial charge in [0, 0.05) is 13.1 Å². The molecule has 2 aromatic carbocycles. The summed E-state index contributed by atoms with van der Waals surface area (Å²) in [6.07, 6.45) is 3.98. The quantitative estimate of drug-likeness (QED) is 0.692. The van der Waals surface area contributed by atoms with Gasteiger partial charge in [-0.15, -0.1) is 0 Å². The summed E-state index contributed by atoms with van der Waals surface area (Å²) in [4.78, 5) is 15.2. The Labute approximate surface area is 174 Å². The number of carbonyl (C=O) groups excluding carboxylic acids is 1. The lowest BCUT2D eigenvalue weighted by molar-refractivity contribution is -0.128. The minimum Gasteiger partial charge on any atom is -0.497 e. The van der Waals surface area contributed by atoms with Crippen LogP contribution in [0.2, 0.25) is 0 Å². The maximum atomic E-state index is 12.7. The number of carbonyl (C=O) groups is 1. The van der Waals surface area contributed by atoms with E-state index in [2.05, 4.69) is 28.4 Å². The Hall–Kier alpha value is -2.53. The van der Waals surface area contributed by atoms with Crippen LogP contribution in [0.4, 0.5) is 0 Å². The molecule has 0 aromatic heterocycles. The molecule has 1 amide bonds. The summed E-state index contributed by atoms with van der Waals surface area (Å²) in [6.45, 7) is 5.75. The van der Waals surface area contributed by atoms with Crippen molar-refractivity contribution in [3.05, 3.63) is 59.7 Å². The Bertz CT molecular complexity index is 770. The van der Waals surface area contributed by atoms with Crippen molar-refractivity contribution in [2.45, 2.75) is 51.8 Å². The molecule has 5 heteroatoms. The van der Waals surface area contributed by atoms with Gasteiger partial charge >= 0.3 is 0 Å². The molecule has 1 aliphatic heterocycles. The smallest absolute Gasteiger partial charge is 0.261 e. The van der Waals surface area contributed by atoms with Gasteiger partial charge in [-0.3, -0.25) is 9.69 Å². The van der Waals surface area contributed by atoms with Gasteiger partial charge in [-0.05, 0) is 67.7 Å². The number of benzene rings is 2. The summed E-state index contributed by atoms with van der Waals surface area (Å²) < 4.78 is 11.1. The summed E-state index contributed by atoms with van der Waals surface area (Å²) in [7, 11) is 1.63. The second-order valence-electron chi connectivity index (χ2n) is 7.51. The normalized spacial score (nSPS) is 15.5. The third-order valence-corrected chi connectivity index (χ3v) is 5.42. The predicted octanol–water partition coefficient (Wildman–Crippen LogP) is 4.15.